The summed E-state index contributed by atoms with van der Waals surface area (Å²) in [5, 5.41) is 16.2. The lowest BCUT2D eigenvalue weighted by molar-refractivity contribution is -0.146. The van der Waals surface area contributed by atoms with Gasteiger partial charge in [-0.15, -0.1) is 0 Å². The molecule has 9 heteroatoms. The average molecular weight is 531 g/mol. The molecule has 33 heavy (non-hydrogen) atoms. The molecule has 8 nitrogen and oxygen atoms in total. The number of hydrogen-bond donors (Lipinski definition) is 3. The van der Waals surface area contributed by atoms with Crippen LogP contribution in [0.5, 0.6) is 0 Å². The Balaban J connectivity index is 2.03. The van der Waals surface area contributed by atoms with Crippen molar-refractivity contribution in [2.45, 2.75) is 101 Å². The van der Waals surface area contributed by atoms with Crippen molar-refractivity contribution in [2.75, 3.05) is 13.2 Å². The number of fused-ring (bicyclic) bond motifs is 1. The largest absolute Gasteiger partial charge is 0.394 e. The topological polar surface area (TPSA) is 108 Å². The zero-order chi connectivity index (χ0) is 24.5. The number of nitrogens with zero attached hydrogens (tertiary/aromatic N) is 1. The van der Waals surface area contributed by atoms with Crippen molar-refractivity contribution in [3.8, 4) is 0 Å². The molecule has 3 aliphatic heterocycles. The summed E-state index contributed by atoms with van der Waals surface area (Å²) in [6, 6.07) is -1.43. The van der Waals surface area contributed by atoms with E-state index in [-0.39, 0.29) is 41.1 Å². The lowest BCUT2D eigenvalue weighted by Gasteiger charge is -2.38. The van der Waals surface area contributed by atoms with E-state index in [0.717, 1.165) is 19.3 Å². The first kappa shape index (κ1) is 26.4. The third-order valence-electron chi connectivity index (χ3n) is 7.29. The maximum atomic E-state index is 13.9. The molecular weight excluding hydrogens is 490 g/mol. The fourth-order valence-electron chi connectivity index (χ4n) is 6.07. The standard InChI is InChI=1S/C24H40BrN3O5/c1-6-8-14(5)27-22(31)20-24-11-16(25)19(33-24)17(21(30)26-9-7-2)18(24)23(32)28(20)15(12-29)10-13(3)4/h13-20,29H,6-12H2,1-5H3,(H,26,30)(H,27,31)/t14?,15-,16?,17+,18+,19+,20?,24?/m1/s1. The van der Waals surface area contributed by atoms with Gasteiger partial charge in [-0.3, -0.25) is 14.4 Å². The highest BCUT2D eigenvalue weighted by Gasteiger charge is 2.77. The molecule has 0 aromatic heterocycles. The number of aliphatic hydroxyl groups excluding tert-OH is 1. The summed E-state index contributed by atoms with van der Waals surface area (Å²) >= 11 is 3.67. The Morgan fingerprint density at radius 3 is 2.52 bits per heavy atom. The van der Waals surface area contributed by atoms with Crippen molar-refractivity contribution < 1.29 is 24.2 Å². The molecule has 3 heterocycles. The molecule has 3 N–H and O–H groups in total. The second-order valence-electron chi connectivity index (χ2n) is 10.4. The molecule has 0 saturated carbocycles. The van der Waals surface area contributed by atoms with E-state index in [1.54, 1.807) is 4.90 Å². The summed E-state index contributed by atoms with van der Waals surface area (Å²) in [5.41, 5.74) is -1.08. The first-order valence-electron chi connectivity index (χ1n) is 12.5. The summed E-state index contributed by atoms with van der Waals surface area (Å²) < 4.78 is 6.47. The van der Waals surface area contributed by atoms with Gasteiger partial charge in [0, 0.05) is 17.4 Å². The number of halogens is 1. The molecule has 8 atom stereocenters. The summed E-state index contributed by atoms with van der Waals surface area (Å²) in [6.45, 7) is 10.3. The van der Waals surface area contributed by atoms with Crippen LogP contribution in [-0.2, 0) is 19.1 Å². The van der Waals surface area contributed by atoms with Gasteiger partial charge in [-0.05, 0) is 38.5 Å². The number of nitrogens with one attached hydrogen (secondary N) is 2. The second-order valence-corrected chi connectivity index (χ2v) is 11.5. The fraction of sp³-hybridized carbons (Fsp3) is 0.875. The number of rotatable bonds is 11. The molecule has 0 aliphatic carbocycles. The van der Waals surface area contributed by atoms with Crippen LogP contribution in [-0.4, -0.2) is 75.5 Å². The van der Waals surface area contributed by atoms with Gasteiger partial charge in [0.15, 0.2) is 0 Å². The molecule has 3 saturated heterocycles. The zero-order valence-corrected chi connectivity index (χ0v) is 22.1. The van der Waals surface area contributed by atoms with Gasteiger partial charge in [0.2, 0.25) is 17.7 Å². The van der Waals surface area contributed by atoms with Crippen LogP contribution < -0.4 is 10.6 Å². The van der Waals surface area contributed by atoms with E-state index in [1.165, 1.54) is 0 Å². The van der Waals surface area contributed by atoms with Crippen molar-refractivity contribution >= 4 is 33.7 Å². The summed E-state index contributed by atoms with van der Waals surface area (Å²) in [6.07, 6.45) is 3.12. The predicted octanol–water partition coefficient (Wildman–Crippen LogP) is 1.97. The first-order chi connectivity index (χ1) is 15.6. The zero-order valence-electron chi connectivity index (χ0n) is 20.5. The van der Waals surface area contributed by atoms with Gasteiger partial charge >= 0.3 is 0 Å². The van der Waals surface area contributed by atoms with E-state index in [1.807, 2.05) is 27.7 Å². The van der Waals surface area contributed by atoms with Crippen molar-refractivity contribution in [1.29, 1.82) is 0 Å². The van der Waals surface area contributed by atoms with E-state index in [4.69, 9.17) is 4.74 Å². The van der Waals surface area contributed by atoms with Gasteiger partial charge in [0.1, 0.15) is 11.6 Å². The molecule has 3 aliphatic rings. The molecule has 0 aromatic carbocycles. The van der Waals surface area contributed by atoms with E-state index in [0.29, 0.717) is 19.4 Å². The highest BCUT2D eigenvalue weighted by atomic mass is 79.9. The minimum absolute atomic E-state index is 0.0467. The van der Waals surface area contributed by atoms with Crippen LogP contribution in [0.1, 0.15) is 66.7 Å². The molecule has 4 unspecified atom stereocenters. The quantitative estimate of drug-likeness (QED) is 0.354. The van der Waals surface area contributed by atoms with Crippen LogP contribution in [0.15, 0.2) is 0 Å². The number of carbonyl (C=O) groups is 3. The predicted molar refractivity (Wildman–Crippen MR) is 129 cm³/mol. The average Bonchev–Trinajstić information content (AvgIpc) is 3.33. The Morgan fingerprint density at radius 1 is 1.24 bits per heavy atom. The molecule has 2 bridgehead atoms. The van der Waals surface area contributed by atoms with Crippen LogP contribution in [0.3, 0.4) is 0 Å². The van der Waals surface area contributed by atoms with Crippen LogP contribution >= 0.6 is 15.9 Å². The minimum atomic E-state index is -1.08. The smallest absolute Gasteiger partial charge is 0.246 e. The van der Waals surface area contributed by atoms with Gasteiger partial charge < -0.3 is 25.4 Å². The highest BCUT2D eigenvalue weighted by Crippen LogP contribution is 2.60. The van der Waals surface area contributed by atoms with Crippen LogP contribution in [0, 0.1) is 17.8 Å². The van der Waals surface area contributed by atoms with Crippen molar-refractivity contribution in [3.05, 3.63) is 0 Å². The minimum Gasteiger partial charge on any atom is -0.394 e. The number of amides is 3. The van der Waals surface area contributed by atoms with E-state index in [2.05, 4.69) is 33.5 Å². The van der Waals surface area contributed by atoms with Crippen LogP contribution in [0.4, 0.5) is 0 Å². The van der Waals surface area contributed by atoms with Gasteiger partial charge in [-0.1, -0.05) is 50.0 Å². The molecule has 188 valence electrons. The maximum Gasteiger partial charge on any atom is 0.246 e. The molecule has 0 aromatic rings. The molecule has 1 spiro atoms. The number of ether oxygens (including phenoxy) is 1. The number of aliphatic hydroxyl groups is 1. The number of likely N-dealkylation sites (tertiary alicyclic amines) is 1. The summed E-state index contributed by atoms with van der Waals surface area (Å²) in [5.74, 6) is -1.88. The number of carbonyl (C=O) groups excluding carboxylic acids is 3. The molecule has 3 rings (SSSR count). The Kier molecular flexibility index (Phi) is 8.49. The van der Waals surface area contributed by atoms with Gasteiger partial charge in [-0.2, -0.15) is 0 Å². The monoisotopic (exact) mass is 529 g/mol. The number of alkyl halides is 1. The fourth-order valence-corrected chi connectivity index (χ4v) is 7.02. The molecular formula is C24H40BrN3O5. The van der Waals surface area contributed by atoms with Gasteiger partial charge in [-0.25, -0.2) is 0 Å². The van der Waals surface area contributed by atoms with Crippen LogP contribution in [0.2, 0.25) is 0 Å². The summed E-state index contributed by atoms with van der Waals surface area (Å²) in [4.78, 5) is 42.2. The Hall–Kier alpha value is -1.19. The summed E-state index contributed by atoms with van der Waals surface area (Å²) in [7, 11) is 0. The van der Waals surface area contributed by atoms with Gasteiger partial charge in [0.25, 0.3) is 0 Å². The van der Waals surface area contributed by atoms with Gasteiger partial charge in [0.05, 0.1) is 30.6 Å². The van der Waals surface area contributed by atoms with Crippen molar-refractivity contribution in [1.82, 2.24) is 15.5 Å². The van der Waals surface area contributed by atoms with Crippen molar-refractivity contribution in [2.24, 2.45) is 17.8 Å². The van der Waals surface area contributed by atoms with E-state index in [9.17, 15) is 19.5 Å². The Labute approximate surface area is 205 Å². The third kappa shape index (κ3) is 4.69. The lowest BCUT2D eigenvalue weighted by atomic mass is 9.70. The SMILES string of the molecule is CCCNC(=O)[C@H]1[C@H]2C(=O)N([C@@H](CO)CC(C)C)C(C(=O)NC(C)CCC)C23CC(Br)[C@@H]1O3. The maximum absolute atomic E-state index is 13.9. The number of hydrogen-bond acceptors (Lipinski definition) is 5. The van der Waals surface area contributed by atoms with Crippen LogP contribution in [0.25, 0.3) is 0 Å². The highest BCUT2D eigenvalue weighted by molar-refractivity contribution is 9.09. The van der Waals surface area contributed by atoms with E-state index >= 15 is 0 Å². The molecule has 3 amide bonds. The van der Waals surface area contributed by atoms with Crippen molar-refractivity contribution in [3.63, 3.8) is 0 Å². The third-order valence-corrected chi connectivity index (χ3v) is 8.13. The normalized spacial score (nSPS) is 34.5. The Bertz CT molecular complexity index is 750. The van der Waals surface area contributed by atoms with E-state index < -0.39 is 35.6 Å². The first-order valence-corrected chi connectivity index (χ1v) is 13.4. The Morgan fingerprint density at radius 2 is 1.94 bits per heavy atom. The lowest BCUT2D eigenvalue weighted by Crippen LogP contribution is -2.59. The molecule has 0 radical (unpaired) electrons. The second kappa shape index (κ2) is 10.6. The molecule has 3 fully saturated rings.